The van der Waals surface area contributed by atoms with Gasteiger partial charge in [-0.05, 0) is 41.3 Å². The van der Waals surface area contributed by atoms with Crippen LogP contribution in [0.15, 0.2) is 36.4 Å². The van der Waals surface area contributed by atoms with Crippen LogP contribution in [0.25, 0.3) is 0 Å². The highest BCUT2D eigenvalue weighted by molar-refractivity contribution is 6.36. The fourth-order valence-corrected chi connectivity index (χ4v) is 3.51. The second-order valence-electron chi connectivity index (χ2n) is 6.57. The van der Waals surface area contributed by atoms with E-state index in [1.807, 2.05) is 18.2 Å². The molecule has 138 valence electrons. The maximum Gasteiger partial charge on any atom is 0.225 e. The molecule has 0 saturated carbocycles. The van der Waals surface area contributed by atoms with Gasteiger partial charge in [0.2, 0.25) is 5.91 Å². The molecule has 1 aliphatic rings. The van der Waals surface area contributed by atoms with Crippen molar-refractivity contribution in [2.24, 2.45) is 5.92 Å². The second-order valence-corrected chi connectivity index (χ2v) is 7.38. The summed E-state index contributed by atoms with van der Waals surface area (Å²) >= 11 is 12.3. The fraction of sp³-hybridized carbons (Fsp3) is 0.350. The Labute approximate surface area is 163 Å². The maximum absolute atomic E-state index is 12.6. The van der Waals surface area contributed by atoms with Gasteiger partial charge in [-0.2, -0.15) is 0 Å². The first kappa shape index (κ1) is 18.9. The zero-order chi connectivity index (χ0) is 18.7. The normalized spacial score (nSPS) is 14.2. The van der Waals surface area contributed by atoms with Gasteiger partial charge >= 0.3 is 0 Å². The standard InChI is InChI=1S/C20H21Cl2NO3/c1-12(2)20(13-6-7-17-18(10-13)26-9-8-25-17)23-19(24)11-14-15(21)4-3-5-16(14)22/h3-7,10,12,20H,8-9,11H2,1-2H3,(H,23,24)/t20-/m1/s1. The van der Waals surface area contributed by atoms with Crippen LogP contribution in [0, 0.1) is 5.92 Å². The van der Waals surface area contributed by atoms with Gasteiger partial charge in [-0.3, -0.25) is 4.79 Å². The predicted octanol–water partition coefficient (Wildman–Crippen LogP) is 4.82. The van der Waals surface area contributed by atoms with E-state index in [2.05, 4.69) is 19.2 Å². The third kappa shape index (κ3) is 4.25. The maximum atomic E-state index is 12.6. The summed E-state index contributed by atoms with van der Waals surface area (Å²) in [7, 11) is 0. The van der Waals surface area contributed by atoms with Crippen LogP contribution in [0.1, 0.15) is 31.0 Å². The highest BCUT2D eigenvalue weighted by Gasteiger charge is 2.22. The Morgan fingerprint density at radius 1 is 1.08 bits per heavy atom. The van der Waals surface area contributed by atoms with E-state index in [1.54, 1.807) is 18.2 Å². The number of fused-ring (bicyclic) bond motifs is 1. The zero-order valence-electron chi connectivity index (χ0n) is 14.7. The van der Waals surface area contributed by atoms with Gasteiger partial charge in [-0.15, -0.1) is 0 Å². The summed E-state index contributed by atoms with van der Waals surface area (Å²) < 4.78 is 11.2. The average molecular weight is 394 g/mol. The third-order valence-corrected chi connectivity index (χ3v) is 5.02. The molecule has 4 nitrogen and oxygen atoms in total. The molecule has 1 atom stereocenters. The fourth-order valence-electron chi connectivity index (χ4n) is 2.97. The lowest BCUT2D eigenvalue weighted by molar-refractivity contribution is -0.121. The molecule has 0 saturated heterocycles. The largest absolute Gasteiger partial charge is 0.486 e. The number of benzene rings is 2. The van der Waals surface area contributed by atoms with Crippen molar-refractivity contribution in [3.8, 4) is 11.5 Å². The predicted molar refractivity (Wildman–Crippen MR) is 103 cm³/mol. The number of halogens is 2. The molecule has 3 rings (SSSR count). The Balaban J connectivity index is 1.77. The smallest absolute Gasteiger partial charge is 0.225 e. The third-order valence-electron chi connectivity index (χ3n) is 4.31. The molecule has 1 amide bonds. The number of ether oxygens (including phenoxy) is 2. The van der Waals surface area contributed by atoms with Crippen LogP contribution >= 0.6 is 23.2 Å². The van der Waals surface area contributed by atoms with Gasteiger partial charge in [-0.25, -0.2) is 0 Å². The average Bonchev–Trinajstić information content (AvgIpc) is 2.62. The SMILES string of the molecule is CC(C)[C@@H](NC(=O)Cc1c(Cl)cccc1Cl)c1ccc2c(c1)OCCO2. The lowest BCUT2D eigenvalue weighted by Gasteiger charge is -2.25. The van der Waals surface area contributed by atoms with Gasteiger partial charge in [0, 0.05) is 10.0 Å². The van der Waals surface area contributed by atoms with Crippen molar-refractivity contribution >= 4 is 29.1 Å². The molecular weight excluding hydrogens is 373 g/mol. The Kier molecular flexibility index (Phi) is 5.94. The van der Waals surface area contributed by atoms with Crippen LogP contribution in [0.3, 0.4) is 0 Å². The minimum absolute atomic E-state index is 0.131. The van der Waals surface area contributed by atoms with Crippen molar-refractivity contribution in [2.75, 3.05) is 13.2 Å². The van der Waals surface area contributed by atoms with Gasteiger partial charge in [0.25, 0.3) is 0 Å². The number of hydrogen-bond acceptors (Lipinski definition) is 3. The number of rotatable bonds is 5. The van der Waals surface area contributed by atoms with Crippen molar-refractivity contribution in [2.45, 2.75) is 26.3 Å². The van der Waals surface area contributed by atoms with E-state index in [9.17, 15) is 4.79 Å². The molecule has 2 aromatic carbocycles. The van der Waals surface area contributed by atoms with E-state index in [1.165, 1.54) is 0 Å². The first-order valence-electron chi connectivity index (χ1n) is 8.57. The molecule has 1 N–H and O–H groups in total. The number of carbonyl (C=O) groups excluding carboxylic acids is 1. The molecule has 0 fully saturated rings. The lowest BCUT2D eigenvalue weighted by atomic mass is 9.95. The van der Waals surface area contributed by atoms with Gasteiger partial charge < -0.3 is 14.8 Å². The summed E-state index contributed by atoms with van der Waals surface area (Å²) in [6.45, 7) is 5.20. The second kappa shape index (κ2) is 8.19. The Bertz CT molecular complexity index is 787. The van der Waals surface area contributed by atoms with Gasteiger partial charge in [-0.1, -0.05) is 49.2 Å². The Hall–Kier alpha value is -1.91. The molecule has 0 aliphatic carbocycles. The molecule has 0 unspecified atom stereocenters. The van der Waals surface area contributed by atoms with Crippen molar-refractivity contribution in [1.29, 1.82) is 0 Å². The lowest BCUT2D eigenvalue weighted by Crippen LogP contribution is -2.33. The van der Waals surface area contributed by atoms with Crippen molar-refractivity contribution < 1.29 is 14.3 Å². The molecule has 0 radical (unpaired) electrons. The van der Waals surface area contributed by atoms with Gasteiger partial charge in [0.15, 0.2) is 11.5 Å². The topological polar surface area (TPSA) is 47.6 Å². The summed E-state index contributed by atoms with van der Waals surface area (Å²) in [6, 6.07) is 10.9. The zero-order valence-corrected chi connectivity index (χ0v) is 16.2. The molecule has 1 aliphatic heterocycles. The number of hydrogen-bond donors (Lipinski definition) is 1. The summed E-state index contributed by atoms with van der Waals surface area (Å²) in [5.41, 5.74) is 1.61. The van der Waals surface area contributed by atoms with Crippen molar-refractivity contribution in [1.82, 2.24) is 5.32 Å². The molecular formula is C20H21Cl2NO3. The number of nitrogens with one attached hydrogen (secondary N) is 1. The van der Waals surface area contributed by atoms with Gasteiger partial charge in [0.1, 0.15) is 13.2 Å². The number of amides is 1. The van der Waals surface area contributed by atoms with Crippen LogP contribution < -0.4 is 14.8 Å². The molecule has 26 heavy (non-hydrogen) atoms. The Morgan fingerprint density at radius 3 is 2.38 bits per heavy atom. The summed E-state index contributed by atoms with van der Waals surface area (Å²) in [6.07, 6.45) is 0.131. The number of carbonyl (C=O) groups is 1. The van der Waals surface area contributed by atoms with E-state index in [4.69, 9.17) is 32.7 Å². The highest BCUT2D eigenvalue weighted by Crippen LogP contribution is 2.34. The first-order valence-corrected chi connectivity index (χ1v) is 9.33. The minimum Gasteiger partial charge on any atom is -0.486 e. The van der Waals surface area contributed by atoms with E-state index in [0.717, 1.165) is 11.3 Å². The first-order chi connectivity index (χ1) is 12.5. The van der Waals surface area contributed by atoms with E-state index in [-0.39, 0.29) is 24.3 Å². The van der Waals surface area contributed by atoms with Crippen molar-refractivity contribution in [3.63, 3.8) is 0 Å². The monoisotopic (exact) mass is 393 g/mol. The molecule has 0 aromatic heterocycles. The quantitative estimate of drug-likeness (QED) is 0.791. The summed E-state index contributed by atoms with van der Waals surface area (Å²) in [4.78, 5) is 12.6. The molecule has 2 aromatic rings. The molecule has 0 spiro atoms. The van der Waals surface area contributed by atoms with Crippen LogP contribution in [-0.4, -0.2) is 19.1 Å². The van der Waals surface area contributed by atoms with E-state index < -0.39 is 0 Å². The van der Waals surface area contributed by atoms with E-state index >= 15 is 0 Å². The van der Waals surface area contributed by atoms with E-state index in [0.29, 0.717) is 34.6 Å². The summed E-state index contributed by atoms with van der Waals surface area (Å²) in [5.74, 6) is 1.51. The highest BCUT2D eigenvalue weighted by atomic mass is 35.5. The van der Waals surface area contributed by atoms with Crippen LogP contribution in [0.4, 0.5) is 0 Å². The summed E-state index contributed by atoms with van der Waals surface area (Å²) in [5, 5.41) is 4.08. The van der Waals surface area contributed by atoms with Crippen LogP contribution in [0.5, 0.6) is 11.5 Å². The van der Waals surface area contributed by atoms with Crippen LogP contribution in [0.2, 0.25) is 10.0 Å². The Morgan fingerprint density at radius 2 is 1.73 bits per heavy atom. The molecule has 6 heteroatoms. The van der Waals surface area contributed by atoms with Crippen molar-refractivity contribution in [3.05, 3.63) is 57.6 Å². The molecule has 1 heterocycles. The molecule has 0 bridgehead atoms. The van der Waals surface area contributed by atoms with Gasteiger partial charge in [0.05, 0.1) is 12.5 Å². The minimum atomic E-state index is -0.153. The van der Waals surface area contributed by atoms with Crippen LogP contribution in [-0.2, 0) is 11.2 Å².